The second-order valence-corrected chi connectivity index (χ2v) is 7.34. The van der Waals surface area contributed by atoms with Crippen LogP contribution in [0.3, 0.4) is 0 Å². The Balaban J connectivity index is 0.00000676. The molecule has 0 fully saturated rings. The fourth-order valence-corrected chi connectivity index (χ4v) is 3.38. The molecule has 1 amide bonds. The van der Waals surface area contributed by atoms with Gasteiger partial charge in [0.15, 0.2) is 0 Å². The first-order valence-corrected chi connectivity index (χ1v) is 10.8. The molecule has 0 aromatic heterocycles. The van der Waals surface area contributed by atoms with Crippen molar-refractivity contribution in [2.24, 2.45) is 0 Å². The van der Waals surface area contributed by atoms with Crippen molar-refractivity contribution >= 4 is 41.2 Å². The zero-order valence-electron chi connectivity index (χ0n) is 16.9. The van der Waals surface area contributed by atoms with E-state index >= 15 is 0 Å². The summed E-state index contributed by atoms with van der Waals surface area (Å²) in [6.07, 6.45) is 20.2. The van der Waals surface area contributed by atoms with Gasteiger partial charge >= 0.3 is 29.6 Å². The van der Waals surface area contributed by atoms with Gasteiger partial charge in [-0.3, -0.25) is 4.79 Å². The van der Waals surface area contributed by atoms with Gasteiger partial charge < -0.3 is 5.32 Å². The summed E-state index contributed by atoms with van der Waals surface area (Å²) in [5.41, 5.74) is 2.15. The van der Waals surface area contributed by atoms with Gasteiger partial charge in [0, 0.05) is 5.69 Å². The predicted octanol–water partition coefficient (Wildman–Crippen LogP) is 6.80. The predicted molar refractivity (Wildman–Crippen MR) is 122 cm³/mol. The van der Waals surface area contributed by atoms with E-state index in [2.05, 4.69) is 24.9 Å². The molecule has 0 aliphatic heterocycles. The number of anilines is 1. The zero-order valence-corrected chi connectivity index (χ0v) is 16.9. The molecule has 1 aromatic carbocycles. The van der Waals surface area contributed by atoms with E-state index in [1.165, 1.54) is 95.1 Å². The van der Waals surface area contributed by atoms with Crippen LogP contribution in [-0.2, 0) is 11.2 Å². The van der Waals surface area contributed by atoms with Crippen LogP contribution in [0.25, 0.3) is 0 Å². The van der Waals surface area contributed by atoms with Crippen molar-refractivity contribution in [3.05, 3.63) is 42.5 Å². The SMILES string of the molecule is C=CC(=O)Nc1ccccc1CCCCCCCCCCCCCCC.[NaH]. The van der Waals surface area contributed by atoms with Gasteiger partial charge in [0.05, 0.1) is 0 Å². The van der Waals surface area contributed by atoms with E-state index in [0.717, 1.165) is 12.1 Å². The molecule has 1 rings (SSSR count). The number of amides is 1. The van der Waals surface area contributed by atoms with Crippen LogP contribution in [0.4, 0.5) is 5.69 Å². The van der Waals surface area contributed by atoms with Gasteiger partial charge in [0.2, 0.25) is 5.91 Å². The van der Waals surface area contributed by atoms with Gasteiger partial charge in [-0.05, 0) is 30.5 Å². The van der Waals surface area contributed by atoms with Gasteiger partial charge in [-0.2, -0.15) is 0 Å². The molecule has 3 heteroatoms. The summed E-state index contributed by atoms with van der Waals surface area (Å²) in [7, 11) is 0. The van der Waals surface area contributed by atoms with E-state index in [-0.39, 0.29) is 35.5 Å². The number of benzene rings is 1. The molecule has 148 valence electrons. The molecule has 0 radical (unpaired) electrons. The monoisotopic (exact) mass is 381 g/mol. The molecule has 0 aliphatic carbocycles. The summed E-state index contributed by atoms with van der Waals surface area (Å²) >= 11 is 0. The number of para-hydroxylation sites is 1. The summed E-state index contributed by atoms with van der Waals surface area (Å²) in [5, 5.41) is 2.90. The maximum absolute atomic E-state index is 11.5. The van der Waals surface area contributed by atoms with E-state index in [1.54, 1.807) is 0 Å². The Hall–Kier alpha value is -0.570. The normalized spacial score (nSPS) is 10.3. The van der Waals surface area contributed by atoms with Gasteiger partial charge in [-0.25, -0.2) is 0 Å². The van der Waals surface area contributed by atoms with E-state index in [0.29, 0.717) is 0 Å². The van der Waals surface area contributed by atoms with Crippen molar-refractivity contribution < 1.29 is 4.79 Å². The van der Waals surface area contributed by atoms with Crippen molar-refractivity contribution in [2.45, 2.75) is 96.8 Å². The van der Waals surface area contributed by atoms with Crippen molar-refractivity contribution in [3.8, 4) is 0 Å². The van der Waals surface area contributed by atoms with Crippen molar-refractivity contribution in [1.82, 2.24) is 0 Å². The number of nitrogens with one attached hydrogen (secondary N) is 1. The first-order chi connectivity index (χ1) is 12.8. The van der Waals surface area contributed by atoms with Crippen molar-refractivity contribution in [3.63, 3.8) is 0 Å². The average molecular weight is 382 g/mol. The van der Waals surface area contributed by atoms with Crippen LogP contribution >= 0.6 is 0 Å². The topological polar surface area (TPSA) is 29.1 Å². The fraction of sp³-hybridized carbons (Fsp3) is 0.625. The third-order valence-corrected chi connectivity index (χ3v) is 5.01. The number of unbranched alkanes of at least 4 members (excludes halogenated alkanes) is 12. The molecular weight excluding hydrogens is 341 g/mol. The first-order valence-electron chi connectivity index (χ1n) is 10.8. The van der Waals surface area contributed by atoms with Gasteiger partial charge in [0.25, 0.3) is 0 Å². The van der Waals surface area contributed by atoms with Gasteiger partial charge in [-0.1, -0.05) is 109 Å². The molecule has 0 aliphatic rings. The summed E-state index contributed by atoms with van der Waals surface area (Å²) in [4.78, 5) is 11.5. The summed E-state index contributed by atoms with van der Waals surface area (Å²) in [6, 6.07) is 8.09. The molecule has 0 unspecified atom stereocenters. The van der Waals surface area contributed by atoms with Crippen LogP contribution in [0.2, 0.25) is 0 Å². The molecule has 0 saturated carbocycles. The van der Waals surface area contributed by atoms with Crippen LogP contribution in [0.15, 0.2) is 36.9 Å². The number of rotatable bonds is 16. The number of carbonyl (C=O) groups is 1. The molecule has 0 heterocycles. The van der Waals surface area contributed by atoms with Crippen molar-refractivity contribution in [2.75, 3.05) is 5.32 Å². The van der Waals surface area contributed by atoms with Crippen LogP contribution < -0.4 is 5.32 Å². The molecule has 0 spiro atoms. The second-order valence-electron chi connectivity index (χ2n) is 7.34. The fourth-order valence-electron chi connectivity index (χ4n) is 3.38. The standard InChI is InChI=1S/C24H39NO.Na.H/c1-3-5-6-7-8-9-10-11-12-13-14-15-16-19-22-20-17-18-21-23(22)25-24(26)4-2;;/h4,17-18,20-21H,2-3,5-16,19H2,1H3,(H,25,26);;. The van der Waals surface area contributed by atoms with Crippen LogP contribution in [0.5, 0.6) is 0 Å². The molecule has 1 aromatic rings. The third-order valence-electron chi connectivity index (χ3n) is 5.01. The van der Waals surface area contributed by atoms with Crippen LogP contribution in [-0.4, -0.2) is 35.5 Å². The summed E-state index contributed by atoms with van der Waals surface area (Å²) < 4.78 is 0. The minimum atomic E-state index is -0.136. The summed E-state index contributed by atoms with van der Waals surface area (Å²) in [6.45, 7) is 5.79. The van der Waals surface area contributed by atoms with Gasteiger partial charge in [0.1, 0.15) is 0 Å². The van der Waals surface area contributed by atoms with E-state index in [9.17, 15) is 4.79 Å². The van der Waals surface area contributed by atoms with E-state index in [4.69, 9.17) is 0 Å². The zero-order chi connectivity index (χ0) is 18.9. The molecule has 0 bridgehead atoms. The van der Waals surface area contributed by atoms with Crippen molar-refractivity contribution in [1.29, 1.82) is 0 Å². The maximum atomic E-state index is 11.5. The molecule has 2 nitrogen and oxygen atoms in total. The van der Waals surface area contributed by atoms with E-state index < -0.39 is 0 Å². The third kappa shape index (κ3) is 14.1. The Morgan fingerprint density at radius 3 is 1.85 bits per heavy atom. The van der Waals surface area contributed by atoms with Gasteiger partial charge in [-0.15, -0.1) is 0 Å². The molecule has 1 N–H and O–H groups in total. The second kappa shape index (κ2) is 18.8. The minimum absolute atomic E-state index is 0. The number of hydrogen-bond acceptors (Lipinski definition) is 1. The van der Waals surface area contributed by atoms with Crippen LogP contribution in [0, 0.1) is 0 Å². The summed E-state index contributed by atoms with van der Waals surface area (Å²) in [5.74, 6) is -0.136. The number of hydrogen-bond donors (Lipinski definition) is 1. The molecule has 27 heavy (non-hydrogen) atoms. The molecule has 0 saturated heterocycles. The number of carbonyl (C=O) groups excluding carboxylic acids is 1. The average Bonchev–Trinajstić information content (AvgIpc) is 2.66. The Labute approximate surface area is 189 Å². The van der Waals surface area contributed by atoms with E-state index in [1.807, 2.05) is 18.2 Å². The Bertz CT molecular complexity index is 501. The number of aryl methyl sites for hydroxylation is 1. The first kappa shape index (κ1) is 26.4. The quantitative estimate of drug-likeness (QED) is 0.190. The Kier molecular flexibility index (Phi) is 18.4. The Morgan fingerprint density at radius 2 is 1.33 bits per heavy atom. The Morgan fingerprint density at radius 1 is 0.852 bits per heavy atom. The van der Waals surface area contributed by atoms with Crippen LogP contribution in [0.1, 0.15) is 96.0 Å². The molecule has 0 atom stereocenters. The molecular formula is C24H40NNaO.